The largest absolute Gasteiger partial charge is 0.257 e. The maximum absolute atomic E-state index is 10.5. The first-order valence-corrected chi connectivity index (χ1v) is 5.48. The van der Waals surface area contributed by atoms with Crippen LogP contribution < -0.4 is 0 Å². The molecule has 1 aliphatic rings. The Hall–Kier alpha value is -1.04. The standard InChI is InChI=1S/C8H15ClN4O2/c1-2-3-4-5-6-11-8(9)12(7-10-11)13(14)15/h7-8H,2-6H2,1H3. The van der Waals surface area contributed by atoms with E-state index in [4.69, 9.17) is 11.6 Å². The van der Waals surface area contributed by atoms with Crippen molar-refractivity contribution in [3.8, 4) is 0 Å². The first kappa shape index (κ1) is 12.0. The van der Waals surface area contributed by atoms with Gasteiger partial charge in [-0.15, -0.1) is 0 Å². The molecule has 1 rings (SSSR count). The van der Waals surface area contributed by atoms with Crippen molar-refractivity contribution in [2.75, 3.05) is 6.54 Å². The van der Waals surface area contributed by atoms with Crippen LogP contribution in [-0.4, -0.2) is 33.6 Å². The maximum atomic E-state index is 10.5. The van der Waals surface area contributed by atoms with Crippen LogP contribution in [-0.2, 0) is 0 Å². The van der Waals surface area contributed by atoms with Crippen molar-refractivity contribution >= 4 is 17.9 Å². The van der Waals surface area contributed by atoms with Gasteiger partial charge in [0.1, 0.15) is 0 Å². The highest BCUT2D eigenvalue weighted by molar-refractivity contribution is 6.20. The van der Waals surface area contributed by atoms with E-state index >= 15 is 0 Å². The van der Waals surface area contributed by atoms with Gasteiger partial charge in [0, 0.05) is 6.54 Å². The van der Waals surface area contributed by atoms with Crippen LogP contribution in [0, 0.1) is 10.1 Å². The summed E-state index contributed by atoms with van der Waals surface area (Å²) in [5.74, 6) is 0. The molecule has 0 radical (unpaired) electrons. The number of hydrogen-bond acceptors (Lipinski definition) is 4. The molecule has 0 amide bonds. The summed E-state index contributed by atoms with van der Waals surface area (Å²) in [7, 11) is 0. The van der Waals surface area contributed by atoms with E-state index in [1.807, 2.05) is 0 Å². The molecule has 1 heterocycles. The second-order valence-electron chi connectivity index (χ2n) is 3.38. The normalized spacial score (nSPS) is 20.0. The monoisotopic (exact) mass is 234 g/mol. The molecule has 1 aliphatic heterocycles. The van der Waals surface area contributed by atoms with Crippen molar-refractivity contribution in [3.63, 3.8) is 0 Å². The van der Waals surface area contributed by atoms with Crippen LogP contribution in [0.3, 0.4) is 0 Å². The Balaban J connectivity index is 2.28. The Morgan fingerprint density at radius 3 is 2.80 bits per heavy atom. The van der Waals surface area contributed by atoms with E-state index < -0.39 is 10.7 Å². The summed E-state index contributed by atoms with van der Waals surface area (Å²) >= 11 is 5.84. The second-order valence-corrected chi connectivity index (χ2v) is 3.77. The molecule has 0 N–H and O–H groups in total. The van der Waals surface area contributed by atoms with Crippen LogP contribution in [0.2, 0.25) is 0 Å². The molecule has 0 aromatic heterocycles. The zero-order valence-electron chi connectivity index (χ0n) is 8.67. The number of nitrogens with zero attached hydrogens (tertiary/aromatic N) is 4. The first-order chi connectivity index (χ1) is 7.16. The Kier molecular flexibility index (Phi) is 4.61. The van der Waals surface area contributed by atoms with E-state index in [2.05, 4.69) is 12.0 Å². The lowest BCUT2D eigenvalue weighted by Gasteiger charge is -2.18. The average Bonchev–Trinajstić information content (AvgIpc) is 2.55. The number of hydrazone groups is 1. The van der Waals surface area contributed by atoms with Crippen molar-refractivity contribution in [1.82, 2.24) is 10.0 Å². The van der Waals surface area contributed by atoms with Crippen molar-refractivity contribution in [2.24, 2.45) is 5.10 Å². The number of rotatable bonds is 6. The molecular weight excluding hydrogens is 220 g/mol. The lowest BCUT2D eigenvalue weighted by Crippen LogP contribution is -2.39. The number of unbranched alkanes of at least 4 members (excludes halogenated alkanes) is 3. The van der Waals surface area contributed by atoms with Gasteiger partial charge in [0.15, 0.2) is 11.4 Å². The summed E-state index contributed by atoms with van der Waals surface area (Å²) in [6.07, 6.45) is 5.54. The fraction of sp³-hybridized carbons (Fsp3) is 0.875. The van der Waals surface area contributed by atoms with Gasteiger partial charge >= 0.3 is 0 Å². The van der Waals surface area contributed by atoms with Crippen molar-refractivity contribution < 1.29 is 5.03 Å². The van der Waals surface area contributed by atoms with Gasteiger partial charge in [-0.05, 0) is 11.4 Å². The fourth-order valence-corrected chi connectivity index (χ4v) is 1.62. The molecule has 1 unspecified atom stereocenters. The number of halogens is 1. The molecule has 0 aliphatic carbocycles. The Labute approximate surface area is 93.6 Å². The molecule has 15 heavy (non-hydrogen) atoms. The van der Waals surface area contributed by atoms with Crippen LogP contribution in [0.25, 0.3) is 0 Å². The van der Waals surface area contributed by atoms with Gasteiger partial charge in [0.25, 0.3) is 5.62 Å². The summed E-state index contributed by atoms with van der Waals surface area (Å²) < 4.78 is 0. The molecule has 6 nitrogen and oxygen atoms in total. The molecule has 0 spiro atoms. The van der Waals surface area contributed by atoms with Crippen LogP contribution in [0.5, 0.6) is 0 Å². The second kappa shape index (κ2) is 5.75. The van der Waals surface area contributed by atoms with Gasteiger partial charge in [-0.2, -0.15) is 5.10 Å². The molecule has 0 aromatic rings. The predicted octanol–water partition coefficient (Wildman–Crippen LogP) is 1.84. The molecular formula is C8H15ClN4O2. The molecule has 7 heteroatoms. The molecule has 0 fully saturated rings. The molecule has 1 atom stereocenters. The zero-order chi connectivity index (χ0) is 11.3. The van der Waals surface area contributed by atoms with Gasteiger partial charge in [0.05, 0.1) is 0 Å². The minimum atomic E-state index is -0.790. The minimum Gasteiger partial charge on any atom is -0.254 e. The third kappa shape index (κ3) is 3.23. The zero-order valence-corrected chi connectivity index (χ0v) is 9.43. The van der Waals surface area contributed by atoms with Gasteiger partial charge in [0.2, 0.25) is 0 Å². The summed E-state index contributed by atoms with van der Waals surface area (Å²) in [5.41, 5.74) is -0.790. The lowest BCUT2D eigenvalue weighted by molar-refractivity contribution is -0.632. The Morgan fingerprint density at radius 1 is 1.53 bits per heavy atom. The number of nitro groups is 1. The van der Waals surface area contributed by atoms with Gasteiger partial charge in [-0.25, -0.2) is 10.1 Å². The van der Waals surface area contributed by atoms with Gasteiger partial charge in [-0.1, -0.05) is 37.8 Å². The van der Waals surface area contributed by atoms with Crippen LogP contribution in [0.4, 0.5) is 0 Å². The number of hydrogen-bond donors (Lipinski definition) is 0. The third-order valence-corrected chi connectivity index (χ3v) is 2.64. The molecule has 0 saturated heterocycles. The molecule has 0 bridgehead atoms. The molecule has 0 aromatic carbocycles. The predicted molar refractivity (Wildman–Crippen MR) is 57.8 cm³/mol. The Morgan fingerprint density at radius 2 is 2.27 bits per heavy atom. The smallest absolute Gasteiger partial charge is 0.254 e. The van der Waals surface area contributed by atoms with Crippen LogP contribution in [0.1, 0.15) is 32.6 Å². The molecule has 86 valence electrons. The van der Waals surface area contributed by atoms with Crippen molar-refractivity contribution in [3.05, 3.63) is 10.1 Å². The summed E-state index contributed by atoms with van der Waals surface area (Å²) in [4.78, 5) is 10.5. The minimum absolute atomic E-state index is 0.562. The first-order valence-electron chi connectivity index (χ1n) is 5.04. The summed E-state index contributed by atoms with van der Waals surface area (Å²) in [5, 5.41) is 16.1. The van der Waals surface area contributed by atoms with E-state index in [0.29, 0.717) is 6.54 Å². The van der Waals surface area contributed by atoms with E-state index in [-0.39, 0.29) is 0 Å². The summed E-state index contributed by atoms with van der Waals surface area (Å²) in [6, 6.07) is 0. The van der Waals surface area contributed by atoms with E-state index in [1.54, 1.807) is 0 Å². The molecule has 0 saturated carbocycles. The highest BCUT2D eigenvalue weighted by atomic mass is 35.5. The fourth-order valence-electron chi connectivity index (χ4n) is 1.35. The number of hydrazine groups is 1. The maximum Gasteiger partial charge on any atom is 0.257 e. The quantitative estimate of drug-likeness (QED) is 0.231. The van der Waals surface area contributed by atoms with E-state index in [1.165, 1.54) is 11.4 Å². The van der Waals surface area contributed by atoms with E-state index in [0.717, 1.165) is 30.6 Å². The van der Waals surface area contributed by atoms with Gasteiger partial charge in [-0.3, -0.25) is 5.01 Å². The lowest BCUT2D eigenvalue weighted by atomic mass is 10.2. The number of alkyl halides is 1. The van der Waals surface area contributed by atoms with Crippen LogP contribution in [0.15, 0.2) is 5.10 Å². The van der Waals surface area contributed by atoms with E-state index in [9.17, 15) is 10.1 Å². The third-order valence-electron chi connectivity index (χ3n) is 2.21. The highest BCUT2D eigenvalue weighted by Gasteiger charge is 2.33. The van der Waals surface area contributed by atoms with Crippen molar-refractivity contribution in [2.45, 2.75) is 38.2 Å². The van der Waals surface area contributed by atoms with Gasteiger partial charge < -0.3 is 0 Å². The van der Waals surface area contributed by atoms with Crippen LogP contribution >= 0.6 is 11.6 Å². The Bertz CT molecular complexity index is 249. The average molecular weight is 235 g/mol. The SMILES string of the molecule is CCCCCCN1N=CN([N+](=O)[O-])C1Cl. The topological polar surface area (TPSA) is 62.0 Å². The summed E-state index contributed by atoms with van der Waals surface area (Å²) in [6.45, 7) is 2.79. The highest BCUT2D eigenvalue weighted by Crippen LogP contribution is 2.17. The van der Waals surface area contributed by atoms with Crippen molar-refractivity contribution in [1.29, 1.82) is 0 Å².